The van der Waals surface area contributed by atoms with Crippen LogP contribution in [0.25, 0.3) is 5.76 Å². The summed E-state index contributed by atoms with van der Waals surface area (Å²) in [5.74, 6) is -4.49. The molecule has 1 amide bonds. The number of thioether (sulfide) groups is 1. The third-order valence-electron chi connectivity index (χ3n) is 6.73. The molecule has 1 heterocycles. The Balaban J connectivity index is 1.47. The molecule has 3 unspecified atom stereocenters. The summed E-state index contributed by atoms with van der Waals surface area (Å²) in [5.41, 5.74) is 5.29. The summed E-state index contributed by atoms with van der Waals surface area (Å²) < 4.78 is 5.36. The fraction of sp³-hybridized carbons (Fsp3) is 0.280. The molecule has 5 N–H and O–H groups in total. The summed E-state index contributed by atoms with van der Waals surface area (Å²) in [5, 5.41) is 31.9. The monoisotopic (exact) mass is 526 g/mol. The molecule has 1 aromatic carbocycles. The molecule has 0 saturated heterocycles. The molecule has 9 nitrogen and oxygen atoms in total. The van der Waals surface area contributed by atoms with Gasteiger partial charge in [0.2, 0.25) is 0 Å². The Labute approximate surface area is 215 Å². The predicted molar refractivity (Wildman–Crippen MR) is 135 cm³/mol. The molecule has 1 aromatic rings. The van der Waals surface area contributed by atoms with E-state index in [1.54, 1.807) is 24.3 Å². The molecule has 1 fully saturated rings. The number of hydrogen-bond donors (Lipinski definition) is 5. The van der Waals surface area contributed by atoms with Crippen LogP contribution >= 0.6 is 24.0 Å². The van der Waals surface area contributed by atoms with Gasteiger partial charge in [-0.1, -0.05) is 18.3 Å². The van der Waals surface area contributed by atoms with Crippen molar-refractivity contribution in [3.63, 3.8) is 0 Å². The normalized spacial score (nSPS) is 25.1. The third-order valence-corrected chi connectivity index (χ3v) is 8.38. The molecule has 0 aromatic heterocycles. The van der Waals surface area contributed by atoms with Gasteiger partial charge in [0.05, 0.1) is 34.8 Å². The van der Waals surface area contributed by atoms with E-state index < -0.39 is 45.9 Å². The number of hydrazine groups is 1. The van der Waals surface area contributed by atoms with Crippen LogP contribution in [0.15, 0.2) is 57.9 Å². The van der Waals surface area contributed by atoms with Crippen LogP contribution in [0.3, 0.4) is 0 Å². The highest BCUT2D eigenvalue weighted by atomic mass is 32.2. The second kappa shape index (κ2) is 9.14. The highest BCUT2D eigenvalue weighted by Gasteiger charge is 2.51. The minimum Gasteiger partial charge on any atom is -0.511 e. The van der Waals surface area contributed by atoms with Crippen molar-refractivity contribution in [3.8, 4) is 11.5 Å². The fourth-order valence-electron chi connectivity index (χ4n) is 5.03. The van der Waals surface area contributed by atoms with Crippen molar-refractivity contribution in [1.82, 2.24) is 10.9 Å². The SMILES string of the molecule is COc1ccc(O)c2c1SC1CC3CC(=O)C(C(=O)NNC4=CCC(=S)C=C4)=C(O)C3C(=O)C1=C2O. The van der Waals surface area contributed by atoms with E-state index in [1.165, 1.54) is 24.9 Å². The van der Waals surface area contributed by atoms with Gasteiger partial charge in [0.1, 0.15) is 28.6 Å². The topological polar surface area (TPSA) is 145 Å². The molecular weight excluding hydrogens is 504 g/mol. The van der Waals surface area contributed by atoms with Crippen molar-refractivity contribution in [1.29, 1.82) is 0 Å². The van der Waals surface area contributed by atoms with E-state index >= 15 is 0 Å². The first kappa shape index (κ1) is 24.1. The van der Waals surface area contributed by atoms with E-state index in [1.807, 2.05) is 0 Å². The number of nitrogens with one attached hydrogen (secondary N) is 2. The van der Waals surface area contributed by atoms with Gasteiger partial charge >= 0.3 is 0 Å². The number of carbonyl (C=O) groups excluding carboxylic acids is 3. The summed E-state index contributed by atoms with van der Waals surface area (Å²) in [6, 6.07) is 2.93. The zero-order chi connectivity index (χ0) is 25.7. The van der Waals surface area contributed by atoms with Gasteiger partial charge in [-0.2, -0.15) is 0 Å². The number of aliphatic hydroxyl groups is 2. The molecular formula is C25H22N2O7S2. The number of aliphatic hydroxyl groups excluding tert-OH is 2. The van der Waals surface area contributed by atoms with Crippen molar-refractivity contribution < 1.29 is 34.4 Å². The maximum absolute atomic E-state index is 13.6. The van der Waals surface area contributed by atoms with Gasteiger partial charge in [-0.05, 0) is 36.6 Å². The lowest BCUT2D eigenvalue weighted by Gasteiger charge is -2.40. The summed E-state index contributed by atoms with van der Waals surface area (Å²) in [6.45, 7) is 0. The van der Waals surface area contributed by atoms with Crippen LogP contribution in [0, 0.1) is 11.8 Å². The Hall–Kier alpha value is -3.57. The number of phenols is 1. The lowest BCUT2D eigenvalue weighted by molar-refractivity contribution is -0.127. The van der Waals surface area contributed by atoms with Crippen LogP contribution < -0.4 is 15.6 Å². The van der Waals surface area contributed by atoms with Crippen LogP contribution in [0.4, 0.5) is 0 Å². The van der Waals surface area contributed by atoms with E-state index in [-0.39, 0.29) is 29.1 Å². The zero-order valence-corrected chi connectivity index (χ0v) is 20.7. The smallest absolute Gasteiger partial charge is 0.276 e. The molecule has 1 saturated carbocycles. The van der Waals surface area contributed by atoms with E-state index in [4.69, 9.17) is 17.0 Å². The molecule has 186 valence electrons. The van der Waals surface area contributed by atoms with Crippen molar-refractivity contribution in [2.45, 2.75) is 29.4 Å². The van der Waals surface area contributed by atoms with Gasteiger partial charge in [-0.3, -0.25) is 25.2 Å². The molecule has 11 heteroatoms. The van der Waals surface area contributed by atoms with Gasteiger partial charge in [0, 0.05) is 23.0 Å². The number of methoxy groups -OCH3 is 1. The van der Waals surface area contributed by atoms with Gasteiger partial charge in [0.15, 0.2) is 11.6 Å². The standard InChI is InChI=1S/C25H22N2O7S2/c1-34-15-7-6-13(28)18-23(32)20-16(36-24(15)18)9-10-8-14(29)19(21(30)17(10)22(20)31)25(33)27-26-11-2-4-12(35)5-3-11/h2-4,6-7,10,16-17,26,28,30,32H,5,8-9H2,1H3,(H,27,33). The quantitative estimate of drug-likeness (QED) is 0.226. The summed E-state index contributed by atoms with van der Waals surface area (Å²) in [4.78, 5) is 40.5. The van der Waals surface area contributed by atoms with Crippen molar-refractivity contribution in [2.75, 3.05) is 7.11 Å². The molecule has 36 heavy (non-hydrogen) atoms. The van der Waals surface area contributed by atoms with Crippen LogP contribution in [-0.4, -0.2) is 50.0 Å². The third kappa shape index (κ3) is 3.88. The van der Waals surface area contributed by atoms with E-state index in [9.17, 15) is 29.7 Å². The molecule has 3 atom stereocenters. The van der Waals surface area contributed by atoms with Gasteiger partial charge in [-0.25, -0.2) is 0 Å². The second-order valence-electron chi connectivity index (χ2n) is 8.83. The first-order valence-electron chi connectivity index (χ1n) is 11.2. The lowest BCUT2D eigenvalue weighted by Crippen LogP contribution is -2.47. The van der Waals surface area contributed by atoms with Gasteiger partial charge in [0.25, 0.3) is 5.91 Å². The van der Waals surface area contributed by atoms with Crippen LogP contribution in [0.5, 0.6) is 11.5 Å². The van der Waals surface area contributed by atoms with Crippen LogP contribution in [-0.2, 0) is 14.4 Å². The first-order chi connectivity index (χ1) is 17.2. The number of fused-ring (bicyclic) bond motifs is 3. The molecule has 0 spiro atoms. The van der Waals surface area contributed by atoms with Crippen LogP contribution in [0.2, 0.25) is 0 Å². The van der Waals surface area contributed by atoms with E-state index in [0.717, 1.165) is 4.86 Å². The number of phenolic OH excluding ortho intramolecular Hbond substituents is 1. The van der Waals surface area contributed by atoms with E-state index in [2.05, 4.69) is 10.9 Å². The maximum atomic E-state index is 13.6. The van der Waals surface area contributed by atoms with Crippen molar-refractivity contribution >= 4 is 52.1 Å². The number of thiocarbonyl (C=S) groups is 1. The number of hydrogen-bond acceptors (Lipinski definition) is 10. The number of ether oxygens (including phenoxy) is 1. The van der Waals surface area contributed by atoms with Crippen LogP contribution in [0.1, 0.15) is 24.8 Å². The average molecular weight is 527 g/mol. The minimum atomic E-state index is -1.15. The average Bonchev–Trinajstić information content (AvgIpc) is 2.83. The highest BCUT2D eigenvalue weighted by Crippen LogP contribution is 2.55. The number of amides is 1. The van der Waals surface area contributed by atoms with E-state index in [0.29, 0.717) is 29.2 Å². The Bertz CT molecular complexity index is 1360. The molecule has 1 aliphatic heterocycles. The Morgan fingerprint density at radius 3 is 2.67 bits per heavy atom. The highest BCUT2D eigenvalue weighted by molar-refractivity contribution is 8.00. The Morgan fingerprint density at radius 2 is 1.97 bits per heavy atom. The number of allylic oxidation sites excluding steroid dienone is 4. The number of rotatable bonds is 4. The fourth-order valence-corrected chi connectivity index (χ4v) is 6.74. The Kier molecular flexibility index (Phi) is 6.13. The molecule has 5 rings (SSSR count). The summed E-state index contributed by atoms with van der Waals surface area (Å²) in [7, 11) is 1.46. The second-order valence-corrected chi connectivity index (χ2v) is 10.6. The Morgan fingerprint density at radius 1 is 1.19 bits per heavy atom. The molecule has 0 radical (unpaired) electrons. The van der Waals surface area contributed by atoms with Crippen molar-refractivity contribution in [3.05, 3.63) is 58.5 Å². The predicted octanol–water partition coefficient (Wildman–Crippen LogP) is 2.97. The van der Waals surface area contributed by atoms with Crippen molar-refractivity contribution in [2.24, 2.45) is 11.8 Å². The maximum Gasteiger partial charge on any atom is 0.276 e. The number of aromatic hydroxyl groups is 1. The molecule has 0 bridgehead atoms. The number of Topliss-reactive ketones (excluding diaryl/α,β-unsaturated/α-hetero) is 2. The largest absolute Gasteiger partial charge is 0.511 e. The zero-order valence-electron chi connectivity index (χ0n) is 19.0. The number of ketones is 2. The number of benzene rings is 1. The van der Waals surface area contributed by atoms with Gasteiger partial charge < -0.3 is 20.1 Å². The number of carbonyl (C=O) groups is 3. The lowest BCUT2D eigenvalue weighted by atomic mass is 9.67. The summed E-state index contributed by atoms with van der Waals surface area (Å²) in [6.07, 6.45) is 5.87. The first-order valence-corrected chi connectivity index (χ1v) is 12.5. The molecule has 4 aliphatic rings. The van der Waals surface area contributed by atoms with Gasteiger partial charge in [-0.15, -0.1) is 11.8 Å². The molecule has 3 aliphatic carbocycles. The summed E-state index contributed by atoms with van der Waals surface area (Å²) >= 11 is 6.34. The minimum absolute atomic E-state index is 0.0459.